The van der Waals surface area contributed by atoms with E-state index < -0.39 is 10.0 Å². The highest BCUT2D eigenvalue weighted by atomic mass is 32.2. The SMILES string of the molecule is CCN1CCc2nc(NC(=O)c3ccc(S(=O)(=O)N(C)c4ccccc4)cc3)sc2C1. The molecule has 1 aromatic heterocycles. The molecule has 0 unspecified atom stereocenters. The van der Waals surface area contributed by atoms with E-state index in [2.05, 4.69) is 22.1 Å². The van der Waals surface area contributed by atoms with Crippen molar-refractivity contribution in [3.8, 4) is 0 Å². The third-order valence-electron chi connectivity index (χ3n) is 5.37. The van der Waals surface area contributed by atoms with Crippen molar-refractivity contribution in [2.45, 2.75) is 24.8 Å². The van der Waals surface area contributed by atoms with E-state index in [0.717, 1.165) is 31.7 Å². The number of fused-ring (bicyclic) bond motifs is 1. The number of hydrogen-bond acceptors (Lipinski definition) is 6. The molecule has 1 aliphatic rings. The Kier molecular flexibility index (Phi) is 6.08. The van der Waals surface area contributed by atoms with Gasteiger partial charge in [-0.3, -0.25) is 19.3 Å². The predicted octanol–water partition coefficient (Wildman–Crippen LogP) is 3.60. The average molecular weight is 457 g/mol. The molecule has 0 atom stereocenters. The molecule has 0 aliphatic carbocycles. The molecule has 0 spiro atoms. The highest BCUT2D eigenvalue weighted by Gasteiger charge is 2.23. The number of carbonyl (C=O) groups excluding carboxylic acids is 1. The van der Waals surface area contributed by atoms with Crippen molar-refractivity contribution in [3.63, 3.8) is 0 Å². The van der Waals surface area contributed by atoms with E-state index >= 15 is 0 Å². The number of benzene rings is 2. The van der Waals surface area contributed by atoms with Crippen LogP contribution >= 0.6 is 11.3 Å². The number of anilines is 2. The molecule has 0 bridgehead atoms. The largest absolute Gasteiger partial charge is 0.298 e. The summed E-state index contributed by atoms with van der Waals surface area (Å²) in [4.78, 5) is 20.9. The first-order valence-electron chi connectivity index (χ1n) is 10.0. The molecule has 7 nitrogen and oxygen atoms in total. The maximum Gasteiger partial charge on any atom is 0.264 e. The molecule has 0 saturated heterocycles. The minimum Gasteiger partial charge on any atom is -0.298 e. The molecule has 1 N–H and O–H groups in total. The Morgan fingerprint density at radius 2 is 1.87 bits per heavy atom. The van der Waals surface area contributed by atoms with Gasteiger partial charge in [0.25, 0.3) is 15.9 Å². The van der Waals surface area contributed by atoms with Gasteiger partial charge in [0.1, 0.15) is 0 Å². The molecule has 9 heteroatoms. The van der Waals surface area contributed by atoms with Gasteiger partial charge in [0.15, 0.2) is 5.13 Å². The Balaban J connectivity index is 1.47. The number of nitrogens with one attached hydrogen (secondary N) is 1. The number of amides is 1. The lowest BCUT2D eigenvalue weighted by Crippen LogP contribution is -2.29. The van der Waals surface area contributed by atoms with E-state index in [1.165, 1.54) is 51.8 Å². The summed E-state index contributed by atoms with van der Waals surface area (Å²) in [5.74, 6) is -0.307. The van der Waals surface area contributed by atoms with Crippen LogP contribution in [0.1, 0.15) is 27.9 Å². The van der Waals surface area contributed by atoms with Gasteiger partial charge in [-0.2, -0.15) is 0 Å². The summed E-state index contributed by atoms with van der Waals surface area (Å²) in [5, 5.41) is 3.42. The summed E-state index contributed by atoms with van der Waals surface area (Å²) in [6.07, 6.45) is 0.886. The van der Waals surface area contributed by atoms with E-state index in [1.807, 2.05) is 6.07 Å². The zero-order chi connectivity index (χ0) is 22.0. The molecular formula is C22H24N4O3S2. The monoisotopic (exact) mass is 456 g/mol. The number of rotatable bonds is 6. The number of hydrogen-bond donors (Lipinski definition) is 1. The van der Waals surface area contributed by atoms with E-state index in [9.17, 15) is 13.2 Å². The summed E-state index contributed by atoms with van der Waals surface area (Å²) in [6.45, 7) is 4.97. The predicted molar refractivity (Wildman–Crippen MR) is 123 cm³/mol. The Morgan fingerprint density at radius 1 is 1.16 bits per heavy atom. The number of carbonyl (C=O) groups is 1. The van der Waals surface area contributed by atoms with Gasteiger partial charge in [0.05, 0.1) is 16.3 Å². The van der Waals surface area contributed by atoms with Crippen LogP contribution in [0.25, 0.3) is 0 Å². The molecule has 1 amide bonds. The van der Waals surface area contributed by atoms with Gasteiger partial charge >= 0.3 is 0 Å². The summed E-state index contributed by atoms with van der Waals surface area (Å²) >= 11 is 1.50. The molecule has 31 heavy (non-hydrogen) atoms. The second-order valence-electron chi connectivity index (χ2n) is 7.29. The molecule has 4 rings (SSSR count). The number of sulfonamides is 1. The van der Waals surface area contributed by atoms with Crippen LogP contribution in [0.3, 0.4) is 0 Å². The second-order valence-corrected chi connectivity index (χ2v) is 10.3. The quantitative estimate of drug-likeness (QED) is 0.613. The lowest BCUT2D eigenvalue weighted by atomic mass is 10.2. The van der Waals surface area contributed by atoms with Gasteiger partial charge in [-0.05, 0) is 42.9 Å². The summed E-state index contributed by atoms with van der Waals surface area (Å²) in [7, 11) is -2.21. The number of thiazole rings is 1. The number of aromatic nitrogens is 1. The maximum absolute atomic E-state index is 12.9. The Bertz CT molecular complexity index is 1180. The van der Waals surface area contributed by atoms with Crippen LogP contribution in [0.2, 0.25) is 0 Å². The van der Waals surface area contributed by atoms with Crippen molar-refractivity contribution in [1.82, 2.24) is 9.88 Å². The van der Waals surface area contributed by atoms with Crippen LogP contribution in [0, 0.1) is 0 Å². The van der Waals surface area contributed by atoms with Gasteiger partial charge in [-0.25, -0.2) is 13.4 Å². The van der Waals surface area contributed by atoms with Crippen molar-refractivity contribution in [2.24, 2.45) is 0 Å². The van der Waals surface area contributed by atoms with Crippen LogP contribution in [-0.2, 0) is 23.0 Å². The molecule has 2 aromatic carbocycles. The average Bonchev–Trinajstić information content (AvgIpc) is 3.20. The van der Waals surface area contributed by atoms with Gasteiger partial charge in [-0.15, -0.1) is 11.3 Å². The molecule has 3 aromatic rings. The molecule has 0 radical (unpaired) electrons. The third-order valence-corrected chi connectivity index (χ3v) is 8.17. The van der Waals surface area contributed by atoms with E-state index in [-0.39, 0.29) is 10.8 Å². The zero-order valence-electron chi connectivity index (χ0n) is 17.4. The number of para-hydroxylation sites is 1. The standard InChI is InChI=1S/C22H24N4O3S2/c1-3-26-14-13-19-20(15-26)30-22(23-19)24-21(27)16-9-11-18(12-10-16)31(28,29)25(2)17-7-5-4-6-8-17/h4-12H,3,13-15H2,1-2H3,(H,23,24,27). The first kappa shape index (κ1) is 21.5. The van der Waals surface area contributed by atoms with Crippen LogP contribution in [0.4, 0.5) is 10.8 Å². The van der Waals surface area contributed by atoms with Gasteiger partial charge in [0.2, 0.25) is 0 Å². The van der Waals surface area contributed by atoms with Crippen LogP contribution in [0.15, 0.2) is 59.5 Å². The fourth-order valence-electron chi connectivity index (χ4n) is 3.45. The van der Waals surface area contributed by atoms with Crippen LogP contribution in [0.5, 0.6) is 0 Å². The molecule has 1 aliphatic heterocycles. The van der Waals surface area contributed by atoms with E-state index in [0.29, 0.717) is 16.4 Å². The fraction of sp³-hybridized carbons (Fsp3) is 0.273. The van der Waals surface area contributed by atoms with Gasteiger partial charge in [0, 0.05) is 37.0 Å². The maximum atomic E-state index is 12.9. The lowest BCUT2D eigenvalue weighted by molar-refractivity contribution is 0.102. The van der Waals surface area contributed by atoms with E-state index in [4.69, 9.17) is 0 Å². The molecule has 0 saturated carbocycles. The lowest BCUT2D eigenvalue weighted by Gasteiger charge is -2.23. The first-order chi connectivity index (χ1) is 14.9. The smallest absolute Gasteiger partial charge is 0.264 e. The summed E-state index contributed by atoms with van der Waals surface area (Å²) < 4.78 is 27.0. The minimum absolute atomic E-state index is 0.125. The van der Waals surface area contributed by atoms with Crippen LogP contribution < -0.4 is 9.62 Å². The van der Waals surface area contributed by atoms with Crippen molar-refractivity contribution in [2.75, 3.05) is 29.8 Å². The normalized spacial score (nSPS) is 14.1. The Morgan fingerprint density at radius 3 is 2.55 bits per heavy atom. The van der Waals surface area contributed by atoms with Crippen molar-refractivity contribution >= 4 is 38.1 Å². The van der Waals surface area contributed by atoms with Crippen LogP contribution in [-0.4, -0.2) is 44.3 Å². The number of nitrogens with zero attached hydrogens (tertiary/aromatic N) is 3. The molecule has 162 valence electrons. The highest BCUT2D eigenvalue weighted by Crippen LogP contribution is 2.28. The Hall–Kier alpha value is -2.75. The summed E-state index contributed by atoms with van der Waals surface area (Å²) in [6, 6.07) is 14.8. The highest BCUT2D eigenvalue weighted by molar-refractivity contribution is 7.92. The molecule has 0 fully saturated rings. The fourth-order valence-corrected chi connectivity index (χ4v) is 5.70. The molecule has 2 heterocycles. The first-order valence-corrected chi connectivity index (χ1v) is 12.3. The third kappa shape index (κ3) is 4.48. The van der Waals surface area contributed by atoms with Crippen molar-refractivity contribution in [3.05, 3.63) is 70.7 Å². The van der Waals surface area contributed by atoms with Gasteiger partial charge < -0.3 is 0 Å². The summed E-state index contributed by atoms with van der Waals surface area (Å²) in [5.41, 5.74) is 2.00. The topological polar surface area (TPSA) is 82.6 Å². The number of likely N-dealkylation sites (N-methyl/N-ethyl adjacent to an activating group) is 1. The Labute approximate surface area is 186 Å². The van der Waals surface area contributed by atoms with E-state index in [1.54, 1.807) is 24.3 Å². The second kappa shape index (κ2) is 8.78. The zero-order valence-corrected chi connectivity index (χ0v) is 19.0. The van der Waals surface area contributed by atoms with Crippen molar-refractivity contribution < 1.29 is 13.2 Å². The van der Waals surface area contributed by atoms with Gasteiger partial charge in [-0.1, -0.05) is 25.1 Å². The minimum atomic E-state index is -3.72. The van der Waals surface area contributed by atoms with Crippen molar-refractivity contribution in [1.29, 1.82) is 0 Å². The molecular weight excluding hydrogens is 432 g/mol.